The predicted molar refractivity (Wildman–Crippen MR) is 93.3 cm³/mol. The van der Waals surface area contributed by atoms with Crippen LogP contribution in [0.3, 0.4) is 0 Å². The first-order valence-corrected chi connectivity index (χ1v) is 10.1. The lowest BCUT2D eigenvalue weighted by atomic mass is 10.1. The van der Waals surface area contributed by atoms with Gasteiger partial charge < -0.3 is 5.32 Å². The van der Waals surface area contributed by atoms with Crippen LogP contribution in [0.15, 0.2) is 30.6 Å². The zero-order valence-corrected chi connectivity index (χ0v) is 15.3. The fourth-order valence-electron chi connectivity index (χ4n) is 2.84. The summed E-state index contributed by atoms with van der Waals surface area (Å²) >= 11 is 0. The molecule has 1 N–H and O–H groups in total. The van der Waals surface area contributed by atoms with Crippen LogP contribution in [-0.4, -0.2) is 53.1 Å². The maximum atomic E-state index is 13.2. The van der Waals surface area contributed by atoms with Gasteiger partial charge in [0.05, 0.1) is 6.26 Å². The molecule has 0 atom stereocenters. The molecule has 1 aliphatic rings. The normalized spacial score (nSPS) is 17.0. The summed E-state index contributed by atoms with van der Waals surface area (Å²) in [5, 5.41) is 2.99. The lowest BCUT2D eigenvalue weighted by molar-refractivity contribution is -0.141. The van der Waals surface area contributed by atoms with Gasteiger partial charge >= 0.3 is 6.18 Å². The number of pyridine rings is 1. The Morgan fingerprint density at radius 3 is 2.33 bits per heavy atom. The summed E-state index contributed by atoms with van der Waals surface area (Å²) < 4.78 is 64.1. The topological polar surface area (TPSA) is 88.1 Å². The first-order valence-electron chi connectivity index (χ1n) is 8.21. The number of hydrogen-bond acceptors (Lipinski definition) is 6. The summed E-state index contributed by atoms with van der Waals surface area (Å²) in [6.45, 7) is 0.621. The summed E-state index contributed by atoms with van der Waals surface area (Å²) in [6.07, 6.45) is 0.383. The quantitative estimate of drug-likeness (QED) is 0.847. The Hall–Kier alpha value is -2.27. The highest BCUT2D eigenvalue weighted by molar-refractivity contribution is 7.88. The highest BCUT2D eigenvalue weighted by Crippen LogP contribution is 2.31. The van der Waals surface area contributed by atoms with Gasteiger partial charge in [0, 0.05) is 43.2 Å². The van der Waals surface area contributed by atoms with E-state index in [0.717, 1.165) is 12.3 Å². The van der Waals surface area contributed by atoms with Gasteiger partial charge in [-0.05, 0) is 25.0 Å². The fraction of sp³-hybridized carbons (Fsp3) is 0.438. The number of aromatic nitrogens is 3. The van der Waals surface area contributed by atoms with Crippen molar-refractivity contribution >= 4 is 15.8 Å². The van der Waals surface area contributed by atoms with Gasteiger partial charge in [0.1, 0.15) is 5.82 Å². The van der Waals surface area contributed by atoms with Crippen LogP contribution in [0.1, 0.15) is 18.5 Å². The van der Waals surface area contributed by atoms with E-state index in [1.165, 1.54) is 28.8 Å². The number of anilines is 1. The van der Waals surface area contributed by atoms with E-state index in [-0.39, 0.29) is 17.7 Å². The number of hydrogen-bond donors (Lipinski definition) is 1. The Labute approximate surface area is 154 Å². The van der Waals surface area contributed by atoms with E-state index in [1.54, 1.807) is 0 Å². The van der Waals surface area contributed by atoms with Gasteiger partial charge in [-0.2, -0.15) is 13.2 Å². The molecule has 0 unspecified atom stereocenters. The van der Waals surface area contributed by atoms with Crippen LogP contribution >= 0.6 is 0 Å². The maximum absolute atomic E-state index is 13.2. The summed E-state index contributed by atoms with van der Waals surface area (Å²) in [4.78, 5) is 11.7. The third kappa shape index (κ3) is 4.92. The lowest BCUT2D eigenvalue weighted by Crippen LogP contribution is -2.42. The molecule has 1 saturated heterocycles. The summed E-state index contributed by atoms with van der Waals surface area (Å²) in [5.41, 5.74) is -0.619. The van der Waals surface area contributed by atoms with Crippen molar-refractivity contribution in [2.75, 3.05) is 24.7 Å². The molecule has 1 fully saturated rings. The van der Waals surface area contributed by atoms with Crippen LogP contribution < -0.4 is 5.32 Å². The number of halogens is 3. The average molecular weight is 401 g/mol. The average Bonchev–Trinajstić information content (AvgIpc) is 2.61. The number of sulfonamides is 1. The molecule has 0 spiro atoms. The van der Waals surface area contributed by atoms with Gasteiger partial charge in [0.15, 0.2) is 11.5 Å². The monoisotopic (exact) mass is 401 g/mol. The fourth-order valence-corrected chi connectivity index (χ4v) is 3.71. The molecule has 0 saturated carbocycles. The molecule has 0 aromatic carbocycles. The van der Waals surface area contributed by atoms with Gasteiger partial charge in [-0.3, -0.25) is 4.98 Å². The van der Waals surface area contributed by atoms with Gasteiger partial charge in [-0.1, -0.05) is 0 Å². The van der Waals surface area contributed by atoms with Crippen molar-refractivity contribution in [1.82, 2.24) is 19.3 Å². The van der Waals surface area contributed by atoms with Crippen LogP contribution in [0.4, 0.5) is 19.0 Å². The second-order valence-corrected chi connectivity index (χ2v) is 8.26. The number of alkyl halides is 3. The third-order valence-corrected chi connectivity index (χ3v) is 5.53. The van der Waals surface area contributed by atoms with Crippen LogP contribution in [0.2, 0.25) is 0 Å². The smallest absolute Gasteiger partial charge is 0.367 e. The Bertz CT molecular complexity index is 898. The molecule has 7 nitrogen and oxygen atoms in total. The SMILES string of the molecule is CS(=O)(=O)N1CCC(Nc2cc(C(F)(F)F)nc(-c3ccncc3)n2)CC1. The highest BCUT2D eigenvalue weighted by Gasteiger charge is 2.34. The van der Waals surface area contributed by atoms with E-state index in [9.17, 15) is 21.6 Å². The molecule has 146 valence electrons. The number of piperidine rings is 1. The van der Waals surface area contributed by atoms with E-state index in [2.05, 4.69) is 20.3 Å². The van der Waals surface area contributed by atoms with Crippen LogP contribution in [0, 0.1) is 0 Å². The molecule has 2 aromatic heterocycles. The predicted octanol–water partition coefficient (Wildman–Crippen LogP) is 2.39. The van der Waals surface area contributed by atoms with Gasteiger partial charge in [0.2, 0.25) is 10.0 Å². The van der Waals surface area contributed by atoms with Crippen LogP contribution in [0.25, 0.3) is 11.4 Å². The van der Waals surface area contributed by atoms with Crippen molar-refractivity contribution in [3.05, 3.63) is 36.3 Å². The molecule has 0 aliphatic carbocycles. The molecule has 0 bridgehead atoms. The molecule has 3 heterocycles. The molecule has 1 aliphatic heterocycles. The summed E-state index contributed by atoms with van der Waals surface area (Å²) in [6, 6.07) is 3.76. The zero-order valence-electron chi connectivity index (χ0n) is 14.4. The first kappa shape index (κ1) is 19.5. The largest absolute Gasteiger partial charge is 0.433 e. The van der Waals surface area contributed by atoms with E-state index >= 15 is 0 Å². The molecule has 0 radical (unpaired) electrons. The Morgan fingerprint density at radius 1 is 1.15 bits per heavy atom. The maximum Gasteiger partial charge on any atom is 0.433 e. The molecule has 2 aromatic rings. The van der Waals surface area contributed by atoms with Gasteiger partial charge in [0.25, 0.3) is 0 Å². The molecule has 3 rings (SSSR count). The molecule has 11 heteroatoms. The molecule has 27 heavy (non-hydrogen) atoms. The highest BCUT2D eigenvalue weighted by atomic mass is 32.2. The van der Waals surface area contributed by atoms with E-state index in [4.69, 9.17) is 0 Å². The number of nitrogens with zero attached hydrogens (tertiary/aromatic N) is 4. The Kier molecular flexibility index (Phi) is 5.33. The van der Waals surface area contributed by atoms with Gasteiger partial charge in [-0.15, -0.1) is 0 Å². The zero-order chi connectivity index (χ0) is 19.7. The van der Waals surface area contributed by atoms with Crippen molar-refractivity contribution in [2.45, 2.75) is 25.1 Å². The van der Waals surface area contributed by atoms with E-state index in [1.807, 2.05) is 0 Å². The second kappa shape index (κ2) is 7.39. The Morgan fingerprint density at radius 2 is 1.78 bits per heavy atom. The van der Waals surface area contributed by atoms with Crippen molar-refractivity contribution in [1.29, 1.82) is 0 Å². The second-order valence-electron chi connectivity index (χ2n) is 6.28. The third-order valence-electron chi connectivity index (χ3n) is 4.23. The number of nitrogens with one attached hydrogen (secondary N) is 1. The lowest BCUT2D eigenvalue weighted by Gasteiger charge is -2.31. The van der Waals surface area contributed by atoms with Crippen LogP contribution in [0.5, 0.6) is 0 Å². The Balaban J connectivity index is 1.83. The molecule has 0 amide bonds. The minimum atomic E-state index is -4.61. The van der Waals surface area contributed by atoms with Crippen LogP contribution in [-0.2, 0) is 16.2 Å². The minimum Gasteiger partial charge on any atom is -0.367 e. The minimum absolute atomic E-state index is 0.0525. The van der Waals surface area contributed by atoms with Gasteiger partial charge in [-0.25, -0.2) is 22.7 Å². The van der Waals surface area contributed by atoms with Crippen molar-refractivity contribution in [3.8, 4) is 11.4 Å². The van der Waals surface area contributed by atoms with E-state index in [0.29, 0.717) is 31.5 Å². The standard InChI is InChI=1S/C16H18F3N5O2S/c1-27(25,26)24-8-4-12(5-9-24)21-14-10-13(16(17,18)19)22-15(23-14)11-2-6-20-7-3-11/h2-3,6-7,10,12H,4-5,8-9H2,1H3,(H,21,22,23). The first-order chi connectivity index (χ1) is 12.6. The molecular formula is C16H18F3N5O2S. The van der Waals surface area contributed by atoms with Crippen molar-refractivity contribution in [3.63, 3.8) is 0 Å². The molecular weight excluding hydrogens is 383 g/mol. The van der Waals surface area contributed by atoms with Crippen molar-refractivity contribution < 1.29 is 21.6 Å². The number of rotatable bonds is 4. The van der Waals surface area contributed by atoms with E-state index < -0.39 is 21.9 Å². The summed E-state index contributed by atoms with van der Waals surface area (Å²) in [7, 11) is -3.27. The van der Waals surface area contributed by atoms with Crippen molar-refractivity contribution in [2.24, 2.45) is 0 Å². The summed E-state index contributed by atoms with van der Waals surface area (Å²) in [5.74, 6) is 0.00485.